The molecule has 1 amide bonds. The van der Waals surface area contributed by atoms with E-state index in [1.165, 1.54) is 12.1 Å². The molecule has 0 fully saturated rings. The Morgan fingerprint density at radius 2 is 1.42 bits per heavy atom. The molecule has 4 heteroatoms. The zero-order chi connectivity index (χ0) is 17.9. The lowest BCUT2D eigenvalue weighted by atomic mass is 10.0. The summed E-state index contributed by atoms with van der Waals surface area (Å²) >= 11 is 0. The SMILES string of the molecule is O=C1C=C(Nc2ccc(F)cc2)C(c2ccccc2)N1c1ccccc1. The fraction of sp³-hybridized carbons (Fsp3) is 0.0455. The normalized spacial score (nSPS) is 16.5. The highest BCUT2D eigenvalue weighted by molar-refractivity contribution is 6.06. The van der Waals surface area contributed by atoms with Crippen LogP contribution in [0.2, 0.25) is 0 Å². The molecule has 1 aliphatic rings. The molecule has 0 saturated carbocycles. The van der Waals surface area contributed by atoms with Gasteiger partial charge >= 0.3 is 0 Å². The first-order chi connectivity index (χ1) is 12.7. The highest BCUT2D eigenvalue weighted by Gasteiger charge is 2.35. The van der Waals surface area contributed by atoms with Crippen LogP contribution in [0.15, 0.2) is 96.7 Å². The molecule has 26 heavy (non-hydrogen) atoms. The average Bonchev–Trinajstić information content (AvgIpc) is 3.01. The van der Waals surface area contributed by atoms with Gasteiger partial charge in [0.25, 0.3) is 5.91 Å². The van der Waals surface area contributed by atoms with Gasteiger partial charge in [0.05, 0.1) is 0 Å². The van der Waals surface area contributed by atoms with E-state index in [-0.39, 0.29) is 17.8 Å². The van der Waals surface area contributed by atoms with E-state index < -0.39 is 0 Å². The minimum atomic E-state index is -0.294. The van der Waals surface area contributed by atoms with E-state index in [1.807, 2.05) is 60.7 Å². The number of halogens is 1. The van der Waals surface area contributed by atoms with Crippen molar-refractivity contribution in [3.63, 3.8) is 0 Å². The molecule has 3 nitrogen and oxygen atoms in total. The summed E-state index contributed by atoms with van der Waals surface area (Å²) in [5, 5.41) is 3.28. The number of hydrogen-bond donors (Lipinski definition) is 1. The number of anilines is 2. The largest absolute Gasteiger partial charge is 0.357 e. The Hall–Kier alpha value is -3.40. The van der Waals surface area contributed by atoms with Gasteiger partial charge in [-0.15, -0.1) is 0 Å². The maximum Gasteiger partial charge on any atom is 0.253 e. The summed E-state index contributed by atoms with van der Waals surface area (Å²) in [6.07, 6.45) is 1.61. The average molecular weight is 344 g/mol. The third-order valence-electron chi connectivity index (χ3n) is 4.35. The molecule has 4 rings (SSSR count). The van der Waals surface area contributed by atoms with E-state index in [9.17, 15) is 9.18 Å². The Bertz CT molecular complexity index is 937. The number of hydrogen-bond acceptors (Lipinski definition) is 2. The molecule has 1 heterocycles. The van der Waals surface area contributed by atoms with Crippen molar-refractivity contribution in [3.8, 4) is 0 Å². The predicted molar refractivity (Wildman–Crippen MR) is 101 cm³/mol. The van der Waals surface area contributed by atoms with Crippen molar-refractivity contribution in [2.75, 3.05) is 10.2 Å². The van der Waals surface area contributed by atoms with Crippen LogP contribution in [0.3, 0.4) is 0 Å². The molecule has 1 atom stereocenters. The summed E-state index contributed by atoms with van der Waals surface area (Å²) in [5.74, 6) is -0.382. The van der Waals surface area contributed by atoms with Gasteiger partial charge in [-0.3, -0.25) is 9.69 Å². The van der Waals surface area contributed by atoms with Crippen LogP contribution in [0.1, 0.15) is 11.6 Å². The fourth-order valence-electron chi connectivity index (χ4n) is 3.18. The van der Waals surface area contributed by atoms with Gasteiger partial charge in [-0.1, -0.05) is 48.5 Å². The van der Waals surface area contributed by atoms with Gasteiger partial charge < -0.3 is 5.32 Å². The number of nitrogens with one attached hydrogen (secondary N) is 1. The second-order valence-electron chi connectivity index (χ2n) is 6.09. The molecular formula is C22H17FN2O. The highest BCUT2D eigenvalue weighted by atomic mass is 19.1. The van der Waals surface area contributed by atoms with E-state index in [1.54, 1.807) is 23.1 Å². The van der Waals surface area contributed by atoms with E-state index in [0.717, 1.165) is 22.6 Å². The third-order valence-corrected chi connectivity index (χ3v) is 4.35. The van der Waals surface area contributed by atoms with Crippen LogP contribution in [0.5, 0.6) is 0 Å². The summed E-state index contributed by atoms with van der Waals surface area (Å²) < 4.78 is 13.2. The van der Waals surface area contributed by atoms with Crippen molar-refractivity contribution >= 4 is 17.3 Å². The molecule has 1 unspecified atom stereocenters. The molecule has 3 aromatic rings. The maximum absolute atomic E-state index is 13.2. The lowest BCUT2D eigenvalue weighted by Gasteiger charge is -2.28. The zero-order valence-electron chi connectivity index (χ0n) is 14.0. The predicted octanol–water partition coefficient (Wildman–Crippen LogP) is 4.91. The molecule has 1 aliphatic heterocycles. The molecular weight excluding hydrogens is 327 g/mol. The molecule has 0 aromatic heterocycles. The van der Waals surface area contributed by atoms with E-state index in [0.29, 0.717) is 0 Å². The molecule has 0 radical (unpaired) electrons. The second kappa shape index (κ2) is 6.84. The standard InChI is InChI=1S/C22H17FN2O/c23-17-11-13-18(14-12-17)24-20-15-21(26)25(19-9-5-2-6-10-19)22(20)16-7-3-1-4-8-16/h1-15,22,24H. The van der Waals surface area contributed by atoms with Crippen LogP contribution in [0.25, 0.3) is 0 Å². The number of carbonyl (C=O) groups excluding carboxylic acids is 1. The van der Waals surface area contributed by atoms with Gasteiger partial charge in [0.1, 0.15) is 11.9 Å². The van der Waals surface area contributed by atoms with E-state index in [2.05, 4.69) is 5.32 Å². The smallest absolute Gasteiger partial charge is 0.253 e. The van der Waals surface area contributed by atoms with Crippen LogP contribution >= 0.6 is 0 Å². The quantitative estimate of drug-likeness (QED) is 0.729. The van der Waals surface area contributed by atoms with Crippen LogP contribution in [-0.2, 0) is 4.79 Å². The topological polar surface area (TPSA) is 32.3 Å². The Balaban J connectivity index is 1.73. The number of para-hydroxylation sites is 1. The zero-order valence-corrected chi connectivity index (χ0v) is 14.0. The number of nitrogens with zero attached hydrogens (tertiary/aromatic N) is 1. The van der Waals surface area contributed by atoms with Crippen molar-refractivity contribution in [2.45, 2.75) is 6.04 Å². The molecule has 0 saturated heterocycles. The lowest BCUT2D eigenvalue weighted by molar-refractivity contribution is -0.113. The molecule has 0 aliphatic carbocycles. The Morgan fingerprint density at radius 3 is 2.08 bits per heavy atom. The minimum absolute atomic E-state index is 0.0883. The van der Waals surface area contributed by atoms with Gasteiger partial charge in [-0.05, 0) is 42.0 Å². The number of rotatable bonds is 4. The van der Waals surface area contributed by atoms with Crippen LogP contribution in [0.4, 0.5) is 15.8 Å². The number of amides is 1. The van der Waals surface area contributed by atoms with Gasteiger partial charge in [0.2, 0.25) is 0 Å². The Labute approximate surface area is 151 Å². The van der Waals surface area contributed by atoms with Gasteiger partial charge in [-0.2, -0.15) is 0 Å². The Morgan fingerprint density at radius 1 is 0.808 bits per heavy atom. The molecule has 1 N–H and O–H groups in total. The number of carbonyl (C=O) groups is 1. The summed E-state index contributed by atoms with van der Waals surface area (Å²) in [7, 11) is 0. The first-order valence-corrected chi connectivity index (χ1v) is 8.40. The summed E-state index contributed by atoms with van der Waals surface area (Å²) in [6.45, 7) is 0. The highest BCUT2D eigenvalue weighted by Crippen LogP contribution is 2.38. The second-order valence-corrected chi connectivity index (χ2v) is 6.09. The van der Waals surface area contributed by atoms with Gasteiger partial charge in [0, 0.05) is 23.1 Å². The van der Waals surface area contributed by atoms with E-state index in [4.69, 9.17) is 0 Å². The molecule has 3 aromatic carbocycles. The first-order valence-electron chi connectivity index (χ1n) is 8.40. The van der Waals surface area contributed by atoms with Gasteiger partial charge in [-0.25, -0.2) is 4.39 Å². The maximum atomic E-state index is 13.2. The lowest BCUT2D eigenvalue weighted by Crippen LogP contribution is -2.30. The van der Waals surface area contributed by atoms with Crippen molar-refractivity contribution in [3.05, 3.63) is 108 Å². The van der Waals surface area contributed by atoms with Gasteiger partial charge in [0.15, 0.2) is 0 Å². The van der Waals surface area contributed by atoms with Crippen LogP contribution in [0, 0.1) is 5.82 Å². The fourth-order valence-corrected chi connectivity index (χ4v) is 3.18. The monoisotopic (exact) mass is 344 g/mol. The van der Waals surface area contributed by atoms with Crippen LogP contribution in [-0.4, -0.2) is 5.91 Å². The third kappa shape index (κ3) is 3.09. The summed E-state index contributed by atoms with van der Waals surface area (Å²) in [6, 6.07) is 25.3. The molecule has 128 valence electrons. The van der Waals surface area contributed by atoms with Crippen LogP contribution < -0.4 is 10.2 Å². The number of benzene rings is 3. The summed E-state index contributed by atoms with van der Waals surface area (Å²) in [4.78, 5) is 14.5. The first kappa shape index (κ1) is 16.1. The minimum Gasteiger partial charge on any atom is -0.357 e. The summed E-state index contributed by atoms with van der Waals surface area (Å²) in [5.41, 5.74) is 3.33. The molecule has 0 bridgehead atoms. The van der Waals surface area contributed by atoms with Crippen molar-refractivity contribution in [1.82, 2.24) is 0 Å². The van der Waals surface area contributed by atoms with Crippen molar-refractivity contribution in [1.29, 1.82) is 0 Å². The molecule has 0 spiro atoms. The van der Waals surface area contributed by atoms with Crippen molar-refractivity contribution < 1.29 is 9.18 Å². The Kier molecular flexibility index (Phi) is 4.23. The van der Waals surface area contributed by atoms with E-state index >= 15 is 0 Å². The van der Waals surface area contributed by atoms with Crippen molar-refractivity contribution in [2.24, 2.45) is 0 Å².